The van der Waals surface area contributed by atoms with E-state index in [4.69, 9.17) is 9.84 Å². The number of aryl methyl sites for hydroxylation is 4. The zero-order valence-electron chi connectivity index (χ0n) is 19.8. The van der Waals surface area contributed by atoms with Gasteiger partial charge in [0.25, 0.3) is 0 Å². The van der Waals surface area contributed by atoms with Gasteiger partial charge in [-0.15, -0.1) is 0 Å². The van der Waals surface area contributed by atoms with Gasteiger partial charge < -0.3 is 14.6 Å². The fourth-order valence-corrected chi connectivity index (χ4v) is 5.90. The molecule has 1 N–H and O–H groups in total. The molecule has 6 nitrogen and oxygen atoms in total. The van der Waals surface area contributed by atoms with Gasteiger partial charge in [0.2, 0.25) is 5.91 Å². The van der Waals surface area contributed by atoms with Crippen molar-refractivity contribution in [2.75, 3.05) is 6.61 Å². The molecule has 0 bridgehead atoms. The number of hydrogen-bond acceptors (Lipinski definition) is 3. The zero-order valence-corrected chi connectivity index (χ0v) is 19.8. The Hall–Kier alpha value is -2.60. The third-order valence-corrected chi connectivity index (χ3v) is 7.79. The second-order valence-corrected chi connectivity index (χ2v) is 10.3. The molecule has 0 saturated heterocycles. The molecule has 3 heterocycles. The quantitative estimate of drug-likeness (QED) is 0.614. The van der Waals surface area contributed by atoms with E-state index in [9.17, 15) is 4.79 Å². The Morgan fingerprint density at radius 1 is 1.21 bits per heavy atom. The van der Waals surface area contributed by atoms with Crippen LogP contribution in [0.1, 0.15) is 71.9 Å². The minimum atomic E-state index is 0.0867. The molecule has 3 aliphatic rings. The molecular formula is C27H34N4O2. The standard InChI is InChI=1S/C27H34N4O2/c1-17-6-10-24-20(14-17)19-4-3-5-23(27(19)30(24)2)28-26(32)11-9-22-21-16-33-13-12-25(21)31(29-22)15-18-7-8-18/h6,10,14,18,23H,3-5,7-9,11-13,15-16H2,1-2H3,(H,28,32). The van der Waals surface area contributed by atoms with E-state index in [0.717, 1.165) is 50.4 Å². The van der Waals surface area contributed by atoms with E-state index in [2.05, 4.69) is 46.7 Å². The van der Waals surface area contributed by atoms with Crippen molar-refractivity contribution in [3.05, 3.63) is 52.0 Å². The molecule has 174 valence electrons. The Bertz CT molecular complexity index is 1220. The lowest BCUT2D eigenvalue weighted by Gasteiger charge is -2.25. The van der Waals surface area contributed by atoms with Crippen LogP contribution in [0, 0.1) is 12.8 Å². The molecule has 1 saturated carbocycles. The SMILES string of the molecule is Cc1ccc2c(c1)c1c(n2C)C(NC(=O)CCc2nn(CC3CC3)c3c2COCC3)CCC1. The Balaban J connectivity index is 1.18. The maximum absolute atomic E-state index is 13.1. The van der Waals surface area contributed by atoms with Gasteiger partial charge in [0.05, 0.1) is 24.9 Å². The minimum Gasteiger partial charge on any atom is -0.376 e. The molecule has 2 aliphatic carbocycles. The van der Waals surface area contributed by atoms with Crippen LogP contribution in [0.2, 0.25) is 0 Å². The second kappa shape index (κ2) is 8.32. The van der Waals surface area contributed by atoms with Crippen LogP contribution in [-0.4, -0.2) is 26.9 Å². The lowest BCUT2D eigenvalue weighted by molar-refractivity contribution is -0.122. The highest BCUT2D eigenvalue weighted by atomic mass is 16.5. The van der Waals surface area contributed by atoms with Gasteiger partial charge in [-0.05, 0) is 62.6 Å². The van der Waals surface area contributed by atoms with Gasteiger partial charge in [-0.25, -0.2) is 0 Å². The Labute approximate surface area is 195 Å². The molecule has 6 rings (SSSR count). The third kappa shape index (κ3) is 3.88. The van der Waals surface area contributed by atoms with Gasteiger partial charge in [-0.2, -0.15) is 5.10 Å². The van der Waals surface area contributed by atoms with Crippen LogP contribution in [0.25, 0.3) is 10.9 Å². The molecule has 1 aromatic carbocycles. The van der Waals surface area contributed by atoms with E-state index in [1.165, 1.54) is 51.8 Å². The molecule has 6 heteroatoms. The number of hydrogen-bond donors (Lipinski definition) is 1. The predicted molar refractivity (Wildman–Crippen MR) is 128 cm³/mol. The maximum atomic E-state index is 13.1. The number of carbonyl (C=O) groups is 1. The topological polar surface area (TPSA) is 61.1 Å². The lowest BCUT2D eigenvalue weighted by Crippen LogP contribution is -2.32. The van der Waals surface area contributed by atoms with Crippen LogP contribution in [0.4, 0.5) is 0 Å². The molecular weight excluding hydrogens is 412 g/mol. The summed E-state index contributed by atoms with van der Waals surface area (Å²) in [6.07, 6.45) is 7.94. The first-order valence-electron chi connectivity index (χ1n) is 12.6. The second-order valence-electron chi connectivity index (χ2n) is 10.3. The van der Waals surface area contributed by atoms with Crippen LogP contribution < -0.4 is 5.32 Å². The summed E-state index contributed by atoms with van der Waals surface area (Å²) in [6.45, 7) is 4.59. The number of benzene rings is 1. The summed E-state index contributed by atoms with van der Waals surface area (Å²) in [5.41, 5.74) is 8.89. The number of aromatic nitrogens is 3. The summed E-state index contributed by atoms with van der Waals surface area (Å²) < 4.78 is 10.2. The Morgan fingerprint density at radius 3 is 2.94 bits per heavy atom. The van der Waals surface area contributed by atoms with Gasteiger partial charge in [-0.1, -0.05) is 11.6 Å². The van der Waals surface area contributed by atoms with Crippen molar-refractivity contribution in [1.82, 2.24) is 19.7 Å². The monoisotopic (exact) mass is 446 g/mol. The lowest BCUT2D eigenvalue weighted by atomic mass is 9.91. The van der Waals surface area contributed by atoms with Crippen molar-refractivity contribution in [3.63, 3.8) is 0 Å². The number of carbonyl (C=O) groups excluding carboxylic acids is 1. The van der Waals surface area contributed by atoms with Crippen molar-refractivity contribution >= 4 is 16.8 Å². The summed E-state index contributed by atoms with van der Waals surface area (Å²) in [6, 6.07) is 6.77. The van der Waals surface area contributed by atoms with Gasteiger partial charge in [0.15, 0.2) is 0 Å². The van der Waals surface area contributed by atoms with Crippen LogP contribution in [0.3, 0.4) is 0 Å². The number of amides is 1. The fourth-order valence-electron chi connectivity index (χ4n) is 5.90. The van der Waals surface area contributed by atoms with E-state index in [0.29, 0.717) is 19.4 Å². The summed E-state index contributed by atoms with van der Waals surface area (Å²) >= 11 is 0. The number of ether oxygens (including phenoxy) is 1. The number of fused-ring (bicyclic) bond motifs is 4. The van der Waals surface area contributed by atoms with Gasteiger partial charge in [-0.3, -0.25) is 9.48 Å². The molecule has 0 spiro atoms. The van der Waals surface area contributed by atoms with Crippen LogP contribution in [0.15, 0.2) is 18.2 Å². The number of rotatable bonds is 6. The van der Waals surface area contributed by atoms with Crippen LogP contribution >= 0.6 is 0 Å². The average molecular weight is 447 g/mol. The number of nitrogens with zero attached hydrogens (tertiary/aromatic N) is 3. The maximum Gasteiger partial charge on any atom is 0.220 e. The van der Waals surface area contributed by atoms with Gasteiger partial charge in [0, 0.05) is 60.7 Å². The largest absolute Gasteiger partial charge is 0.376 e. The van der Waals surface area contributed by atoms with Crippen LogP contribution in [0.5, 0.6) is 0 Å². The van der Waals surface area contributed by atoms with Gasteiger partial charge in [0.1, 0.15) is 0 Å². The predicted octanol–water partition coefficient (Wildman–Crippen LogP) is 4.29. The Kier molecular flexibility index (Phi) is 5.28. The molecule has 1 atom stereocenters. The molecule has 33 heavy (non-hydrogen) atoms. The summed E-state index contributed by atoms with van der Waals surface area (Å²) in [5.74, 6) is 0.912. The highest BCUT2D eigenvalue weighted by Crippen LogP contribution is 2.37. The van der Waals surface area contributed by atoms with E-state index in [1.54, 1.807) is 0 Å². The molecule has 2 aromatic heterocycles. The summed E-state index contributed by atoms with van der Waals surface area (Å²) in [5, 5.41) is 9.64. The molecule has 0 radical (unpaired) electrons. The highest BCUT2D eigenvalue weighted by molar-refractivity contribution is 5.87. The van der Waals surface area contributed by atoms with Crippen molar-refractivity contribution in [2.45, 2.75) is 77.5 Å². The van der Waals surface area contributed by atoms with E-state index >= 15 is 0 Å². The third-order valence-electron chi connectivity index (χ3n) is 7.79. The zero-order chi connectivity index (χ0) is 22.5. The van der Waals surface area contributed by atoms with E-state index in [1.807, 2.05) is 0 Å². The molecule has 3 aromatic rings. The van der Waals surface area contributed by atoms with Crippen molar-refractivity contribution in [3.8, 4) is 0 Å². The average Bonchev–Trinajstić information content (AvgIpc) is 3.51. The fraction of sp³-hybridized carbons (Fsp3) is 0.556. The van der Waals surface area contributed by atoms with E-state index in [-0.39, 0.29) is 11.9 Å². The first-order valence-corrected chi connectivity index (χ1v) is 12.6. The number of nitrogens with one attached hydrogen (secondary N) is 1. The summed E-state index contributed by atoms with van der Waals surface area (Å²) in [4.78, 5) is 13.1. The van der Waals surface area contributed by atoms with Crippen molar-refractivity contribution in [2.24, 2.45) is 13.0 Å². The molecule has 1 aliphatic heterocycles. The normalized spacial score (nSPS) is 20.0. The van der Waals surface area contributed by atoms with Crippen molar-refractivity contribution in [1.29, 1.82) is 0 Å². The van der Waals surface area contributed by atoms with Gasteiger partial charge >= 0.3 is 0 Å². The van der Waals surface area contributed by atoms with Crippen LogP contribution in [-0.2, 0) is 49.0 Å². The Morgan fingerprint density at radius 2 is 2.09 bits per heavy atom. The highest BCUT2D eigenvalue weighted by Gasteiger charge is 2.29. The summed E-state index contributed by atoms with van der Waals surface area (Å²) in [7, 11) is 2.14. The minimum absolute atomic E-state index is 0.0867. The first-order chi connectivity index (χ1) is 16.1. The molecule has 1 fully saturated rings. The smallest absolute Gasteiger partial charge is 0.220 e. The van der Waals surface area contributed by atoms with E-state index < -0.39 is 0 Å². The van der Waals surface area contributed by atoms with Crippen molar-refractivity contribution < 1.29 is 9.53 Å². The first kappa shape index (κ1) is 21.0. The molecule has 1 unspecified atom stereocenters. The molecule has 1 amide bonds.